The van der Waals surface area contributed by atoms with E-state index in [0.29, 0.717) is 24.1 Å². The quantitative estimate of drug-likeness (QED) is 0.918. The van der Waals surface area contributed by atoms with Gasteiger partial charge in [0.15, 0.2) is 0 Å². The molecule has 2 aliphatic rings. The summed E-state index contributed by atoms with van der Waals surface area (Å²) in [5.41, 5.74) is 1.44. The number of hydrogen-bond acceptors (Lipinski definition) is 2. The van der Waals surface area contributed by atoms with Crippen molar-refractivity contribution in [3.8, 4) is 0 Å². The number of hydrogen-bond donors (Lipinski definition) is 1. The minimum Gasteiger partial charge on any atom is -0.311 e. The molecule has 20 heavy (non-hydrogen) atoms. The molecule has 2 aliphatic heterocycles. The Bertz CT molecular complexity index is 502. The molecule has 3 heteroatoms. The molecule has 2 unspecified atom stereocenters. The molecule has 1 aromatic carbocycles. The highest BCUT2D eigenvalue weighted by Crippen LogP contribution is 2.30. The summed E-state index contributed by atoms with van der Waals surface area (Å²) in [6.07, 6.45) is 5.97. The van der Waals surface area contributed by atoms with Crippen LogP contribution in [0, 0.1) is 18.7 Å². The van der Waals surface area contributed by atoms with E-state index < -0.39 is 0 Å². The molecule has 0 radical (unpaired) electrons. The summed E-state index contributed by atoms with van der Waals surface area (Å²) in [7, 11) is 0. The lowest BCUT2D eigenvalue weighted by molar-refractivity contribution is -0.124. The fourth-order valence-corrected chi connectivity index (χ4v) is 3.62. The van der Waals surface area contributed by atoms with Crippen molar-refractivity contribution in [2.75, 3.05) is 0 Å². The molecular formula is C17H22FNO. The fourth-order valence-electron chi connectivity index (χ4n) is 3.62. The number of ketones is 1. The lowest BCUT2D eigenvalue weighted by atomic mass is 9.77. The second-order valence-electron chi connectivity index (χ2n) is 6.39. The molecule has 0 aromatic heterocycles. The molecule has 3 rings (SSSR count). The van der Waals surface area contributed by atoms with Gasteiger partial charge in [-0.2, -0.15) is 0 Å². The van der Waals surface area contributed by atoms with Crippen LogP contribution in [0.5, 0.6) is 0 Å². The van der Waals surface area contributed by atoms with Crippen LogP contribution >= 0.6 is 0 Å². The lowest BCUT2D eigenvalue weighted by Gasteiger charge is -2.39. The van der Waals surface area contributed by atoms with Gasteiger partial charge in [-0.3, -0.25) is 4.79 Å². The number of carbonyl (C=O) groups is 1. The molecule has 0 saturated carbocycles. The summed E-state index contributed by atoms with van der Waals surface area (Å²) >= 11 is 0. The Kier molecular flexibility index (Phi) is 3.88. The van der Waals surface area contributed by atoms with Crippen LogP contribution in [-0.2, 0) is 11.2 Å². The molecule has 2 fully saturated rings. The van der Waals surface area contributed by atoms with Crippen molar-refractivity contribution >= 4 is 5.78 Å². The Hall–Kier alpha value is -1.22. The number of Topliss-reactive ketones (excluding diaryl/α,β-unsaturated/α-hetero) is 1. The molecule has 1 N–H and O–H groups in total. The third-order valence-electron chi connectivity index (χ3n) is 4.78. The normalized spacial score (nSPS) is 29.2. The summed E-state index contributed by atoms with van der Waals surface area (Å²) in [5, 5.41) is 3.61. The molecule has 2 bridgehead atoms. The van der Waals surface area contributed by atoms with Gasteiger partial charge in [0.25, 0.3) is 0 Å². The van der Waals surface area contributed by atoms with Gasteiger partial charge in [-0.15, -0.1) is 0 Å². The summed E-state index contributed by atoms with van der Waals surface area (Å²) in [4.78, 5) is 12.4. The Morgan fingerprint density at radius 3 is 2.65 bits per heavy atom. The monoisotopic (exact) mass is 275 g/mol. The standard InChI is InChI=1S/C17H22FNO/c1-11-5-6-12(7-16(11)18)8-17(20)13-9-14-3-2-4-15(10-13)19-14/h5-7,13-15,19H,2-4,8-10H2,1H3. The van der Waals surface area contributed by atoms with Gasteiger partial charge in [0.2, 0.25) is 0 Å². The summed E-state index contributed by atoms with van der Waals surface area (Å²) in [6.45, 7) is 1.74. The maximum absolute atomic E-state index is 13.5. The van der Waals surface area contributed by atoms with E-state index in [0.717, 1.165) is 18.4 Å². The van der Waals surface area contributed by atoms with Crippen LogP contribution in [0.1, 0.15) is 43.2 Å². The van der Waals surface area contributed by atoms with Gasteiger partial charge in [0, 0.05) is 24.4 Å². The van der Waals surface area contributed by atoms with Crippen molar-refractivity contribution < 1.29 is 9.18 Å². The summed E-state index contributed by atoms with van der Waals surface area (Å²) in [5.74, 6) is 0.236. The van der Waals surface area contributed by atoms with Crippen LogP contribution < -0.4 is 5.32 Å². The zero-order valence-electron chi connectivity index (χ0n) is 12.0. The Morgan fingerprint density at radius 1 is 1.30 bits per heavy atom. The van der Waals surface area contributed by atoms with E-state index in [1.165, 1.54) is 25.3 Å². The summed E-state index contributed by atoms with van der Waals surface area (Å²) in [6, 6.07) is 6.18. The van der Waals surface area contributed by atoms with E-state index in [9.17, 15) is 9.18 Å². The largest absolute Gasteiger partial charge is 0.311 e. The van der Waals surface area contributed by atoms with Gasteiger partial charge in [-0.25, -0.2) is 4.39 Å². The molecular weight excluding hydrogens is 253 g/mol. The van der Waals surface area contributed by atoms with Crippen molar-refractivity contribution in [1.82, 2.24) is 5.32 Å². The van der Waals surface area contributed by atoms with Crippen molar-refractivity contribution in [3.63, 3.8) is 0 Å². The van der Waals surface area contributed by atoms with Crippen LogP contribution in [0.15, 0.2) is 18.2 Å². The molecule has 2 atom stereocenters. The first kappa shape index (κ1) is 13.7. The highest BCUT2D eigenvalue weighted by molar-refractivity contribution is 5.83. The van der Waals surface area contributed by atoms with Crippen LogP contribution in [-0.4, -0.2) is 17.9 Å². The fraction of sp³-hybridized carbons (Fsp3) is 0.588. The van der Waals surface area contributed by atoms with E-state index in [4.69, 9.17) is 0 Å². The van der Waals surface area contributed by atoms with Gasteiger partial charge < -0.3 is 5.32 Å². The predicted molar refractivity (Wildman–Crippen MR) is 77.1 cm³/mol. The molecule has 108 valence electrons. The van der Waals surface area contributed by atoms with Crippen molar-refractivity contribution in [3.05, 3.63) is 35.1 Å². The number of nitrogens with one attached hydrogen (secondary N) is 1. The van der Waals surface area contributed by atoms with Gasteiger partial charge in [-0.05, 0) is 49.8 Å². The van der Waals surface area contributed by atoms with Crippen LogP contribution in [0.2, 0.25) is 0 Å². The molecule has 1 aromatic rings. The van der Waals surface area contributed by atoms with E-state index >= 15 is 0 Å². The highest BCUT2D eigenvalue weighted by atomic mass is 19.1. The number of piperidine rings is 2. The Morgan fingerprint density at radius 2 is 2.00 bits per heavy atom. The van der Waals surface area contributed by atoms with E-state index in [2.05, 4.69) is 5.32 Å². The van der Waals surface area contributed by atoms with Crippen LogP contribution in [0.25, 0.3) is 0 Å². The summed E-state index contributed by atoms with van der Waals surface area (Å²) < 4.78 is 13.5. The predicted octanol–water partition coefficient (Wildman–Crippen LogP) is 3.17. The minimum atomic E-state index is -0.211. The average molecular weight is 275 g/mol. The second-order valence-corrected chi connectivity index (χ2v) is 6.39. The second kappa shape index (κ2) is 5.65. The first-order chi connectivity index (χ1) is 9.61. The molecule has 0 aliphatic carbocycles. The molecule has 0 amide bonds. The highest BCUT2D eigenvalue weighted by Gasteiger charge is 2.34. The smallest absolute Gasteiger partial charge is 0.140 e. The number of rotatable bonds is 3. The SMILES string of the molecule is Cc1ccc(CC(=O)C2CC3CCCC(C2)N3)cc1F. The first-order valence-electron chi connectivity index (χ1n) is 7.65. The van der Waals surface area contributed by atoms with Crippen LogP contribution in [0.3, 0.4) is 0 Å². The average Bonchev–Trinajstić information content (AvgIpc) is 2.42. The third-order valence-corrected chi connectivity index (χ3v) is 4.78. The maximum atomic E-state index is 13.5. The number of aryl methyl sites for hydroxylation is 1. The molecule has 2 heterocycles. The Labute approximate surface area is 119 Å². The van der Waals surface area contributed by atoms with Gasteiger partial charge >= 0.3 is 0 Å². The van der Waals surface area contributed by atoms with E-state index in [-0.39, 0.29) is 17.5 Å². The van der Waals surface area contributed by atoms with Crippen molar-refractivity contribution in [2.45, 2.75) is 57.5 Å². The third kappa shape index (κ3) is 2.93. The Balaban J connectivity index is 1.65. The first-order valence-corrected chi connectivity index (χ1v) is 7.65. The van der Waals surface area contributed by atoms with Gasteiger partial charge in [0.05, 0.1) is 0 Å². The van der Waals surface area contributed by atoms with Crippen molar-refractivity contribution in [2.24, 2.45) is 5.92 Å². The molecule has 2 nitrogen and oxygen atoms in total. The number of carbonyl (C=O) groups excluding carboxylic acids is 1. The van der Waals surface area contributed by atoms with Crippen LogP contribution in [0.4, 0.5) is 4.39 Å². The minimum absolute atomic E-state index is 0.163. The van der Waals surface area contributed by atoms with E-state index in [1.807, 2.05) is 6.07 Å². The molecule has 0 spiro atoms. The number of benzene rings is 1. The van der Waals surface area contributed by atoms with E-state index in [1.54, 1.807) is 13.0 Å². The number of fused-ring (bicyclic) bond motifs is 2. The zero-order chi connectivity index (χ0) is 14.1. The van der Waals surface area contributed by atoms with Gasteiger partial charge in [-0.1, -0.05) is 18.6 Å². The topological polar surface area (TPSA) is 29.1 Å². The number of halogens is 1. The zero-order valence-corrected chi connectivity index (χ0v) is 12.0. The van der Waals surface area contributed by atoms with Crippen molar-refractivity contribution in [1.29, 1.82) is 0 Å². The molecule has 2 saturated heterocycles. The lowest BCUT2D eigenvalue weighted by Crippen LogP contribution is -2.50. The maximum Gasteiger partial charge on any atom is 0.140 e. The van der Waals surface area contributed by atoms with Gasteiger partial charge in [0.1, 0.15) is 11.6 Å².